The zero-order valence-electron chi connectivity index (χ0n) is 8.06. The molecular formula is C7H11F3N4S. The van der Waals surface area contributed by atoms with E-state index in [4.69, 9.17) is 0 Å². The lowest BCUT2D eigenvalue weighted by molar-refractivity contribution is -0.144. The minimum atomic E-state index is -4.46. The maximum atomic E-state index is 12.1. The normalized spacial score (nSPS) is 11.7. The summed E-state index contributed by atoms with van der Waals surface area (Å²) in [5, 5.41) is 5.98. The van der Waals surface area contributed by atoms with Gasteiger partial charge < -0.3 is 10.6 Å². The predicted molar refractivity (Wildman–Crippen MR) is 51.9 cm³/mol. The number of aromatic nitrogens is 2. The van der Waals surface area contributed by atoms with Crippen molar-refractivity contribution in [3.63, 3.8) is 0 Å². The van der Waals surface area contributed by atoms with Crippen LogP contribution in [0.25, 0.3) is 0 Å². The summed E-state index contributed by atoms with van der Waals surface area (Å²) < 4.78 is 39.5. The topological polar surface area (TPSA) is 49.8 Å². The maximum absolute atomic E-state index is 12.1. The number of rotatable bonds is 5. The van der Waals surface area contributed by atoms with Gasteiger partial charge in [-0.25, -0.2) is 0 Å². The molecule has 0 saturated heterocycles. The van der Waals surface area contributed by atoms with Crippen LogP contribution in [0.4, 0.5) is 18.3 Å². The van der Waals surface area contributed by atoms with Crippen molar-refractivity contribution in [3.05, 3.63) is 5.82 Å². The molecule has 2 N–H and O–H groups in total. The number of halogens is 3. The molecule has 0 fully saturated rings. The molecule has 8 heteroatoms. The van der Waals surface area contributed by atoms with E-state index in [-0.39, 0.29) is 5.13 Å². The zero-order valence-corrected chi connectivity index (χ0v) is 8.87. The van der Waals surface area contributed by atoms with Crippen LogP contribution in [0.3, 0.4) is 0 Å². The van der Waals surface area contributed by atoms with Gasteiger partial charge in [0.2, 0.25) is 11.0 Å². The number of anilines is 1. The molecule has 0 bridgehead atoms. The first-order chi connectivity index (χ1) is 7.04. The van der Waals surface area contributed by atoms with E-state index in [1.165, 1.54) is 0 Å². The van der Waals surface area contributed by atoms with E-state index < -0.39 is 12.0 Å². The highest BCUT2D eigenvalue weighted by Gasteiger charge is 2.35. The summed E-state index contributed by atoms with van der Waals surface area (Å²) in [6.07, 6.45) is -4.46. The fourth-order valence-corrected chi connectivity index (χ4v) is 1.46. The van der Waals surface area contributed by atoms with E-state index in [9.17, 15) is 13.2 Å². The fraction of sp³-hybridized carbons (Fsp3) is 0.714. The van der Waals surface area contributed by atoms with Crippen molar-refractivity contribution in [2.75, 3.05) is 25.0 Å². The van der Waals surface area contributed by atoms with Gasteiger partial charge in [-0.15, -0.1) is 0 Å². The summed E-state index contributed by atoms with van der Waals surface area (Å²) in [6, 6.07) is 0. The average molecular weight is 240 g/mol. The minimum Gasteiger partial charge on any atom is -0.359 e. The lowest BCUT2D eigenvalue weighted by Gasteiger charge is -2.02. The zero-order chi connectivity index (χ0) is 11.3. The fourth-order valence-electron chi connectivity index (χ4n) is 0.845. The Bertz CT molecular complexity index is 299. The van der Waals surface area contributed by atoms with Gasteiger partial charge in [0.25, 0.3) is 0 Å². The second-order valence-corrected chi connectivity index (χ2v) is 3.45. The minimum absolute atomic E-state index is 0.195. The molecule has 0 unspecified atom stereocenters. The molecule has 0 aliphatic rings. The number of hydrogen-bond donors (Lipinski definition) is 2. The van der Waals surface area contributed by atoms with Gasteiger partial charge in [-0.3, -0.25) is 0 Å². The Morgan fingerprint density at radius 2 is 2.07 bits per heavy atom. The van der Waals surface area contributed by atoms with Crippen molar-refractivity contribution in [2.24, 2.45) is 0 Å². The third-order valence-corrected chi connectivity index (χ3v) is 2.18. The smallest absolute Gasteiger partial charge is 0.359 e. The van der Waals surface area contributed by atoms with Crippen LogP contribution in [0.15, 0.2) is 0 Å². The number of nitrogens with zero attached hydrogens (tertiary/aromatic N) is 2. The molecule has 0 atom stereocenters. The summed E-state index contributed by atoms with van der Waals surface area (Å²) in [7, 11) is 0. The molecule has 0 saturated carbocycles. The van der Waals surface area contributed by atoms with Crippen molar-refractivity contribution in [1.29, 1.82) is 0 Å². The predicted octanol–water partition coefficient (Wildman–Crippen LogP) is 1.58. The van der Waals surface area contributed by atoms with E-state index in [1.807, 2.05) is 6.92 Å². The third kappa shape index (κ3) is 4.00. The van der Waals surface area contributed by atoms with Gasteiger partial charge in [-0.05, 0) is 6.54 Å². The van der Waals surface area contributed by atoms with Gasteiger partial charge >= 0.3 is 6.18 Å². The molecule has 0 spiro atoms. The van der Waals surface area contributed by atoms with E-state index in [0.717, 1.165) is 6.54 Å². The second-order valence-electron chi connectivity index (χ2n) is 2.70. The van der Waals surface area contributed by atoms with Gasteiger partial charge in [0.05, 0.1) is 0 Å². The molecule has 0 radical (unpaired) electrons. The molecule has 0 amide bonds. The summed E-state index contributed by atoms with van der Waals surface area (Å²) in [5.74, 6) is -1.08. The highest BCUT2D eigenvalue weighted by atomic mass is 32.1. The van der Waals surface area contributed by atoms with Gasteiger partial charge in [0.15, 0.2) is 0 Å². The number of hydrogen-bond acceptors (Lipinski definition) is 5. The van der Waals surface area contributed by atoms with E-state index in [1.54, 1.807) is 0 Å². The van der Waals surface area contributed by atoms with E-state index in [0.29, 0.717) is 24.6 Å². The van der Waals surface area contributed by atoms with Gasteiger partial charge in [0.1, 0.15) is 0 Å². The molecule has 0 aliphatic carbocycles. The third-order valence-electron chi connectivity index (χ3n) is 1.51. The largest absolute Gasteiger partial charge is 0.452 e. The lowest BCUT2D eigenvalue weighted by Crippen LogP contribution is -2.21. The first kappa shape index (κ1) is 12.2. The van der Waals surface area contributed by atoms with Crippen LogP contribution >= 0.6 is 11.5 Å². The molecule has 1 aromatic heterocycles. The molecular weight excluding hydrogens is 229 g/mol. The molecule has 1 aromatic rings. The Kier molecular flexibility index (Phi) is 4.28. The van der Waals surface area contributed by atoms with Crippen LogP contribution < -0.4 is 10.6 Å². The second kappa shape index (κ2) is 5.26. The molecule has 15 heavy (non-hydrogen) atoms. The van der Waals surface area contributed by atoms with Gasteiger partial charge in [-0.2, -0.15) is 22.5 Å². The summed E-state index contributed by atoms with van der Waals surface area (Å²) in [6.45, 7) is 3.98. The molecule has 86 valence electrons. The van der Waals surface area contributed by atoms with Crippen LogP contribution in [0, 0.1) is 0 Å². The summed E-state index contributed by atoms with van der Waals surface area (Å²) in [4.78, 5) is 3.32. The Morgan fingerprint density at radius 3 is 2.60 bits per heavy atom. The first-order valence-corrected chi connectivity index (χ1v) is 5.17. The van der Waals surface area contributed by atoms with Crippen molar-refractivity contribution in [1.82, 2.24) is 14.7 Å². The summed E-state index contributed by atoms with van der Waals surface area (Å²) >= 11 is 0.714. The molecule has 4 nitrogen and oxygen atoms in total. The summed E-state index contributed by atoms with van der Waals surface area (Å²) in [5.41, 5.74) is 0. The van der Waals surface area contributed by atoms with Crippen LogP contribution in [-0.4, -0.2) is 29.0 Å². The Hall–Kier alpha value is -0.890. The lowest BCUT2D eigenvalue weighted by atomic mass is 10.6. The van der Waals surface area contributed by atoms with Gasteiger partial charge in [0, 0.05) is 24.6 Å². The average Bonchev–Trinajstić information content (AvgIpc) is 2.60. The van der Waals surface area contributed by atoms with Crippen molar-refractivity contribution < 1.29 is 13.2 Å². The van der Waals surface area contributed by atoms with E-state index >= 15 is 0 Å². The SMILES string of the molecule is CCNCCNc1nc(C(F)(F)F)ns1. The monoisotopic (exact) mass is 240 g/mol. The molecule has 0 aromatic carbocycles. The number of likely N-dealkylation sites (N-methyl/N-ethyl adjacent to an activating group) is 1. The highest BCUT2D eigenvalue weighted by molar-refractivity contribution is 7.09. The standard InChI is InChI=1S/C7H11F3N4S/c1-2-11-3-4-12-6-13-5(14-15-6)7(8,9)10/h11H,2-4H2,1H3,(H,12,13,14). The maximum Gasteiger partial charge on any atom is 0.452 e. The van der Waals surface area contributed by atoms with Crippen molar-refractivity contribution in [3.8, 4) is 0 Å². The van der Waals surface area contributed by atoms with Crippen molar-refractivity contribution >= 4 is 16.7 Å². The Labute approximate surface area is 89.1 Å². The number of nitrogens with one attached hydrogen (secondary N) is 2. The van der Waals surface area contributed by atoms with Crippen LogP contribution in [-0.2, 0) is 6.18 Å². The highest BCUT2D eigenvalue weighted by Crippen LogP contribution is 2.28. The quantitative estimate of drug-likeness (QED) is 0.767. The molecule has 1 rings (SSSR count). The van der Waals surface area contributed by atoms with Crippen LogP contribution in [0.5, 0.6) is 0 Å². The molecule has 0 aliphatic heterocycles. The number of alkyl halides is 3. The van der Waals surface area contributed by atoms with Crippen LogP contribution in [0.1, 0.15) is 12.7 Å². The van der Waals surface area contributed by atoms with E-state index in [2.05, 4.69) is 20.0 Å². The first-order valence-electron chi connectivity index (χ1n) is 4.39. The molecule has 1 heterocycles. The van der Waals surface area contributed by atoms with Gasteiger partial charge in [-0.1, -0.05) is 6.92 Å². The van der Waals surface area contributed by atoms with Crippen LogP contribution in [0.2, 0.25) is 0 Å². The Balaban J connectivity index is 2.40. The van der Waals surface area contributed by atoms with Crippen molar-refractivity contribution in [2.45, 2.75) is 13.1 Å². The Morgan fingerprint density at radius 1 is 1.33 bits per heavy atom.